The van der Waals surface area contributed by atoms with E-state index in [1.165, 1.54) is 0 Å². The Balaban J connectivity index is 1.47. The van der Waals surface area contributed by atoms with Crippen molar-refractivity contribution in [2.75, 3.05) is 18.5 Å². The molecule has 0 radical (unpaired) electrons. The number of carbonyl (C=O) groups is 2. The normalized spacial score (nSPS) is 9.76. The predicted molar refractivity (Wildman–Crippen MR) is 120 cm³/mol. The number of para-hydroxylation sites is 2. The monoisotopic (exact) mass is 440 g/mol. The first-order valence-electron chi connectivity index (χ1n) is 9.98. The summed E-state index contributed by atoms with van der Waals surface area (Å²) in [7, 11) is 0. The quantitative estimate of drug-likeness (QED) is 0.527. The van der Waals surface area contributed by atoms with E-state index in [1.54, 1.807) is 72.8 Å². The number of nitrogens with one attached hydrogen (secondary N) is 2. The average molecular weight is 440 g/mol. The summed E-state index contributed by atoms with van der Waals surface area (Å²) in [6.07, 6.45) is 0. The van der Waals surface area contributed by atoms with Gasteiger partial charge in [-0.05, 0) is 42.0 Å². The Labute approximate surface area is 191 Å². The number of carbonyl (C=O) groups excluding carboxylic acids is 2. The van der Waals surface area contributed by atoms with Gasteiger partial charge in [0.25, 0.3) is 11.8 Å². The maximum absolute atomic E-state index is 12.2. The van der Waals surface area contributed by atoms with Crippen molar-refractivity contribution in [3.05, 3.63) is 89.5 Å². The van der Waals surface area contributed by atoms with Gasteiger partial charge in [-0.25, -0.2) is 0 Å². The largest absolute Gasteiger partial charge is 0.482 e. The molecule has 0 aliphatic carbocycles. The topological polar surface area (TPSA) is 124 Å². The second-order valence-corrected chi connectivity index (χ2v) is 6.82. The van der Waals surface area contributed by atoms with E-state index in [2.05, 4.69) is 10.6 Å². The molecule has 0 saturated heterocycles. The van der Waals surface area contributed by atoms with Crippen LogP contribution in [0.4, 0.5) is 5.69 Å². The van der Waals surface area contributed by atoms with Gasteiger partial charge in [0.2, 0.25) is 0 Å². The maximum Gasteiger partial charge on any atom is 0.262 e. The fraction of sp³-hybridized carbons (Fsp3) is 0.120. The minimum absolute atomic E-state index is 0.226. The number of hydrogen-bond donors (Lipinski definition) is 2. The fourth-order valence-electron chi connectivity index (χ4n) is 2.86. The average Bonchev–Trinajstić information content (AvgIpc) is 2.85. The Morgan fingerprint density at radius 2 is 1.33 bits per heavy atom. The van der Waals surface area contributed by atoms with E-state index in [1.807, 2.05) is 12.1 Å². The zero-order valence-corrected chi connectivity index (χ0v) is 17.6. The zero-order valence-electron chi connectivity index (χ0n) is 17.6. The van der Waals surface area contributed by atoms with Gasteiger partial charge in [-0.3, -0.25) is 9.59 Å². The van der Waals surface area contributed by atoms with Crippen molar-refractivity contribution >= 4 is 17.5 Å². The zero-order chi connectivity index (χ0) is 23.5. The Hall–Kier alpha value is -4.82. The lowest BCUT2D eigenvalue weighted by Gasteiger charge is -2.11. The molecule has 0 fully saturated rings. The van der Waals surface area contributed by atoms with Crippen molar-refractivity contribution in [2.24, 2.45) is 0 Å². The van der Waals surface area contributed by atoms with Gasteiger partial charge in [0, 0.05) is 12.2 Å². The molecule has 0 aromatic heterocycles. The lowest BCUT2D eigenvalue weighted by molar-refractivity contribution is -0.123. The van der Waals surface area contributed by atoms with Crippen LogP contribution in [0.15, 0.2) is 72.8 Å². The molecule has 8 heteroatoms. The second kappa shape index (κ2) is 11.5. The first-order valence-corrected chi connectivity index (χ1v) is 9.98. The number of nitriles is 2. The highest BCUT2D eigenvalue weighted by molar-refractivity contribution is 5.92. The highest BCUT2D eigenvalue weighted by atomic mass is 16.5. The summed E-state index contributed by atoms with van der Waals surface area (Å²) in [6, 6.07) is 24.4. The van der Waals surface area contributed by atoms with Crippen LogP contribution in [0.2, 0.25) is 0 Å². The van der Waals surface area contributed by atoms with Gasteiger partial charge in [0.1, 0.15) is 23.6 Å². The number of ether oxygens (including phenoxy) is 2. The molecule has 33 heavy (non-hydrogen) atoms. The van der Waals surface area contributed by atoms with Crippen LogP contribution < -0.4 is 20.1 Å². The second-order valence-electron chi connectivity index (χ2n) is 6.82. The molecule has 0 saturated carbocycles. The van der Waals surface area contributed by atoms with Crippen LogP contribution in [0.5, 0.6) is 11.5 Å². The van der Waals surface area contributed by atoms with Gasteiger partial charge in [-0.15, -0.1) is 0 Å². The standard InChI is InChI=1S/C25H20N4O4/c26-13-19-7-1-3-10-22(19)32-16-24(30)28-15-18-6-5-9-21(12-18)29-25(31)17-33-23-11-4-2-8-20(23)14-27/h1-12H,15-17H2,(H,28,30)(H,29,31). The lowest BCUT2D eigenvalue weighted by Crippen LogP contribution is -2.28. The van der Waals surface area contributed by atoms with Crippen LogP contribution >= 0.6 is 0 Å². The van der Waals surface area contributed by atoms with Crippen LogP contribution in [-0.2, 0) is 16.1 Å². The van der Waals surface area contributed by atoms with E-state index >= 15 is 0 Å². The number of amides is 2. The van der Waals surface area contributed by atoms with Crippen molar-refractivity contribution < 1.29 is 19.1 Å². The summed E-state index contributed by atoms with van der Waals surface area (Å²) in [5, 5.41) is 23.6. The summed E-state index contributed by atoms with van der Waals surface area (Å²) in [6.45, 7) is -0.240. The van der Waals surface area contributed by atoms with Crippen LogP contribution in [0.25, 0.3) is 0 Å². The van der Waals surface area contributed by atoms with Crippen molar-refractivity contribution in [3.63, 3.8) is 0 Å². The molecular formula is C25H20N4O4. The molecule has 3 aromatic carbocycles. The molecule has 3 aromatic rings. The molecule has 2 amide bonds. The third-order valence-corrected chi connectivity index (χ3v) is 4.43. The van der Waals surface area contributed by atoms with Gasteiger partial charge in [-0.1, -0.05) is 36.4 Å². The molecule has 8 nitrogen and oxygen atoms in total. The number of nitrogens with zero attached hydrogens (tertiary/aromatic N) is 2. The highest BCUT2D eigenvalue weighted by Crippen LogP contribution is 2.17. The molecule has 0 heterocycles. The van der Waals surface area contributed by atoms with E-state index in [0.717, 1.165) is 5.56 Å². The fourth-order valence-corrected chi connectivity index (χ4v) is 2.86. The summed E-state index contributed by atoms with van der Waals surface area (Å²) < 4.78 is 10.8. The number of hydrogen-bond acceptors (Lipinski definition) is 6. The Kier molecular flexibility index (Phi) is 7.99. The molecule has 0 spiro atoms. The first-order chi connectivity index (χ1) is 16.1. The highest BCUT2D eigenvalue weighted by Gasteiger charge is 2.09. The predicted octanol–water partition coefficient (Wildman–Crippen LogP) is 3.14. The minimum atomic E-state index is -0.381. The molecule has 164 valence electrons. The van der Waals surface area contributed by atoms with Crippen molar-refractivity contribution in [1.82, 2.24) is 5.32 Å². The Morgan fingerprint density at radius 1 is 0.758 bits per heavy atom. The Morgan fingerprint density at radius 3 is 1.94 bits per heavy atom. The molecule has 2 N–H and O–H groups in total. The summed E-state index contributed by atoms with van der Waals surface area (Å²) in [5.41, 5.74) is 2.02. The van der Waals surface area contributed by atoms with Gasteiger partial charge in [0.05, 0.1) is 11.1 Å². The van der Waals surface area contributed by atoms with E-state index in [-0.39, 0.29) is 31.6 Å². The van der Waals surface area contributed by atoms with Crippen molar-refractivity contribution in [1.29, 1.82) is 10.5 Å². The van der Waals surface area contributed by atoms with E-state index in [4.69, 9.17) is 20.0 Å². The number of benzene rings is 3. The molecular weight excluding hydrogens is 420 g/mol. The van der Waals surface area contributed by atoms with Gasteiger partial charge < -0.3 is 20.1 Å². The molecule has 0 atom stereocenters. The summed E-state index contributed by atoms with van der Waals surface area (Å²) in [5.74, 6) is -0.0408. The maximum atomic E-state index is 12.2. The molecule has 0 aliphatic rings. The first kappa shape index (κ1) is 22.9. The van der Waals surface area contributed by atoms with Crippen LogP contribution in [0.3, 0.4) is 0 Å². The summed E-state index contributed by atoms with van der Waals surface area (Å²) >= 11 is 0. The lowest BCUT2D eigenvalue weighted by atomic mass is 10.2. The third-order valence-electron chi connectivity index (χ3n) is 4.43. The van der Waals surface area contributed by atoms with Gasteiger partial charge in [-0.2, -0.15) is 10.5 Å². The SMILES string of the molecule is N#Cc1ccccc1OCC(=O)NCc1cccc(NC(=O)COc2ccccc2C#N)c1. The van der Waals surface area contributed by atoms with Gasteiger partial charge in [0.15, 0.2) is 13.2 Å². The van der Waals surface area contributed by atoms with Crippen LogP contribution in [-0.4, -0.2) is 25.0 Å². The summed E-state index contributed by atoms with van der Waals surface area (Å²) in [4.78, 5) is 24.3. The van der Waals surface area contributed by atoms with Crippen LogP contribution in [0, 0.1) is 22.7 Å². The smallest absolute Gasteiger partial charge is 0.262 e. The number of anilines is 1. The Bertz CT molecular complexity index is 1230. The third kappa shape index (κ3) is 6.84. The van der Waals surface area contributed by atoms with E-state index in [9.17, 15) is 9.59 Å². The van der Waals surface area contributed by atoms with Crippen LogP contribution in [0.1, 0.15) is 16.7 Å². The van der Waals surface area contributed by atoms with Crippen molar-refractivity contribution in [3.8, 4) is 23.6 Å². The molecule has 3 rings (SSSR count). The van der Waals surface area contributed by atoms with E-state index < -0.39 is 0 Å². The molecule has 0 aliphatic heterocycles. The molecule has 0 unspecified atom stereocenters. The van der Waals surface area contributed by atoms with Gasteiger partial charge >= 0.3 is 0 Å². The van der Waals surface area contributed by atoms with Crippen molar-refractivity contribution in [2.45, 2.75) is 6.54 Å². The van der Waals surface area contributed by atoms with E-state index in [0.29, 0.717) is 28.3 Å². The minimum Gasteiger partial charge on any atom is -0.482 e. The number of rotatable bonds is 9. The molecule has 0 bridgehead atoms.